The molecule has 1 atom stereocenters. The van der Waals surface area contributed by atoms with Crippen LogP contribution in [0.4, 0.5) is 0 Å². The minimum atomic E-state index is -0.668. The van der Waals surface area contributed by atoms with Crippen molar-refractivity contribution in [1.29, 1.82) is 0 Å². The van der Waals surface area contributed by atoms with Gasteiger partial charge in [-0.1, -0.05) is 20.8 Å². The van der Waals surface area contributed by atoms with Crippen LogP contribution in [0.15, 0.2) is 16.5 Å². The smallest absolute Gasteiger partial charge is 0.311 e. The number of carboxylic acid groups (broad SMARTS) is 1. The Morgan fingerprint density at radius 3 is 2.63 bits per heavy atom. The lowest BCUT2D eigenvalue weighted by atomic mass is 9.76. The molecule has 2 rings (SSSR count). The van der Waals surface area contributed by atoms with Gasteiger partial charge in [-0.15, -0.1) is 0 Å². The fraction of sp³-hybridized carbons (Fsp3) is 0.667. The zero-order chi connectivity index (χ0) is 14.0. The number of nitrogens with zero attached hydrogens (tertiary/aromatic N) is 1. The van der Waals surface area contributed by atoms with E-state index in [4.69, 9.17) is 4.42 Å². The van der Waals surface area contributed by atoms with Crippen molar-refractivity contribution < 1.29 is 14.3 Å². The van der Waals surface area contributed by atoms with E-state index < -0.39 is 11.4 Å². The molecule has 1 unspecified atom stereocenters. The van der Waals surface area contributed by atoms with E-state index in [2.05, 4.69) is 11.8 Å². The van der Waals surface area contributed by atoms with Crippen LogP contribution in [0.2, 0.25) is 0 Å². The fourth-order valence-electron chi connectivity index (χ4n) is 2.86. The summed E-state index contributed by atoms with van der Waals surface area (Å²) >= 11 is 0. The van der Waals surface area contributed by atoms with Crippen LogP contribution in [-0.4, -0.2) is 29.1 Å². The molecule has 0 saturated carbocycles. The maximum Gasteiger partial charge on any atom is 0.311 e. The van der Waals surface area contributed by atoms with Gasteiger partial charge in [0.05, 0.1) is 12.0 Å². The van der Waals surface area contributed by atoms with E-state index in [-0.39, 0.29) is 5.92 Å². The highest BCUT2D eigenvalue weighted by Crippen LogP contribution is 2.38. The van der Waals surface area contributed by atoms with Crippen LogP contribution in [0, 0.1) is 11.3 Å². The zero-order valence-corrected chi connectivity index (χ0v) is 12.0. The van der Waals surface area contributed by atoms with Gasteiger partial charge in [0.25, 0.3) is 0 Å². The number of likely N-dealkylation sites (tertiary alicyclic amines) is 1. The van der Waals surface area contributed by atoms with Crippen molar-refractivity contribution in [2.45, 2.75) is 40.2 Å². The minimum absolute atomic E-state index is 0.151. The van der Waals surface area contributed by atoms with Crippen molar-refractivity contribution >= 4 is 5.97 Å². The molecule has 0 bridgehead atoms. The van der Waals surface area contributed by atoms with Crippen LogP contribution in [0.25, 0.3) is 0 Å². The van der Waals surface area contributed by atoms with Gasteiger partial charge < -0.3 is 9.52 Å². The van der Waals surface area contributed by atoms with Gasteiger partial charge >= 0.3 is 5.97 Å². The van der Waals surface area contributed by atoms with Crippen LogP contribution in [0.5, 0.6) is 0 Å². The topological polar surface area (TPSA) is 53.7 Å². The van der Waals surface area contributed by atoms with Gasteiger partial charge in [-0.3, -0.25) is 9.69 Å². The molecule has 1 aliphatic heterocycles. The zero-order valence-electron chi connectivity index (χ0n) is 12.0. The summed E-state index contributed by atoms with van der Waals surface area (Å²) in [5.41, 5.74) is -0.597. The molecular weight excluding hydrogens is 242 g/mol. The van der Waals surface area contributed by atoms with E-state index in [0.29, 0.717) is 13.1 Å². The van der Waals surface area contributed by atoms with E-state index in [1.165, 1.54) is 0 Å². The molecule has 0 radical (unpaired) electrons. The lowest BCUT2D eigenvalue weighted by Crippen LogP contribution is -2.39. The monoisotopic (exact) mass is 265 g/mol. The molecule has 0 amide bonds. The lowest BCUT2D eigenvalue weighted by Gasteiger charge is -2.28. The molecule has 1 aromatic rings. The quantitative estimate of drug-likeness (QED) is 0.889. The van der Waals surface area contributed by atoms with Crippen LogP contribution < -0.4 is 0 Å². The van der Waals surface area contributed by atoms with Crippen LogP contribution >= 0.6 is 0 Å². The van der Waals surface area contributed by atoms with Gasteiger partial charge in [0.15, 0.2) is 0 Å². The van der Waals surface area contributed by atoms with Gasteiger partial charge in [-0.05, 0) is 31.0 Å². The molecule has 106 valence electrons. The maximum absolute atomic E-state index is 11.6. The second-order valence-corrected chi connectivity index (χ2v) is 5.80. The maximum atomic E-state index is 11.6. The molecular formula is C15H23NO3. The summed E-state index contributed by atoms with van der Waals surface area (Å²) in [4.78, 5) is 13.8. The van der Waals surface area contributed by atoms with Crippen molar-refractivity contribution in [2.75, 3.05) is 13.1 Å². The van der Waals surface area contributed by atoms with Crippen molar-refractivity contribution in [1.82, 2.24) is 4.90 Å². The second kappa shape index (κ2) is 5.37. The molecule has 0 spiro atoms. The molecule has 19 heavy (non-hydrogen) atoms. The van der Waals surface area contributed by atoms with Crippen molar-refractivity contribution in [3.05, 3.63) is 23.7 Å². The number of aryl methyl sites for hydroxylation is 1. The second-order valence-electron chi connectivity index (χ2n) is 5.80. The summed E-state index contributed by atoms with van der Waals surface area (Å²) in [5, 5.41) is 9.51. The van der Waals surface area contributed by atoms with Crippen LogP contribution in [-0.2, 0) is 17.8 Å². The van der Waals surface area contributed by atoms with Crippen molar-refractivity contribution in [2.24, 2.45) is 11.3 Å². The highest BCUT2D eigenvalue weighted by Gasteiger charge is 2.47. The van der Waals surface area contributed by atoms with Gasteiger partial charge in [0, 0.05) is 13.0 Å². The first kappa shape index (κ1) is 14.1. The summed E-state index contributed by atoms with van der Waals surface area (Å²) in [5.74, 6) is 1.40. The van der Waals surface area contributed by atoms with E-state index in [9.17, 15) is 9.90 Å². The van der Waals surface area contributed by atoms with Gasteiger partial charge in [-0.2, -0.15) is 0 Å². The third-order valence-electron chi connectivity index (χ3n) is 4.36. The lowest BCUT2D eigenvalue weighted by molar-refractivity contribution is -0.151. The molecule has 2 heterocycles. The van der Waals surface area contributed by atoms with Crippen LogP contribution in [0.1, 0.15) is 38.7 Å². The standard InChI is InChI=1S/C15H23NO3/c1-4-12-5-6-13(19-12)9-16-8-7-15(10-16,11(2)3)14(17)18/h5-6,11H,4,7-10H2,1-3H3,(H,17,18). The van der Waals surface area contributed by atoms with Crippen LogP contribution in [0.3, 0.4) is 0 Å². The third-order valence-corrected chi connectivity index (χ3v) is 4.36. The molecule has 0 aliphatic carbocycles. The Labute approximate surface area is 114 Å². The average Bonchev–Trinajstić information content (AvgIpc) is 2.96. The number of carboxylic acids is 1. The van der Waals surface area contributed by atoms with Gasteiger partial charge in [-0.25, -0.2) is 0 Å². The first-order chi connectivity index (χ1) is 8.98. The molecule has 1 saturated heterocycles. The third kappa shape index (κ3) is 2.68. The first-order valence-corrected chi connectivity index (χ1v) is 7.01. The Morgan fingerprint density at radius 2 is 2.16 bits per heavy atom. The van der Waals surface area contributed by atoms with E-state index >= 15 is 0 Å². The Kier molecular flexibility index (Phi) is 3.99. The fourth-order valence-corrected chi connectivity index (χ4v) is 2.86. The first-order valence-electron chi connectivity index (χ1n) is 7.01. The number of hydrogen-bond acceptors (Lipinski definition) is 3. The highest BCUT2D eigenvalue weighted by atomic mass is 16.4. The Hall–Kier alpha value is -1.29. The number of aliphatic carboxylic acids is 1. The molecule has 1 aliphatic rings. The number of rotatable bonds is 5. The van der Waals surface area contributed by atoms with Crippen molar-refractivity contribution in [3.63, 3.8) is 0 Å². The molecule has 1 fully saturated rings. The Bertz CT molecular complexity index is 452. The number of carbonyl (C=O) groups is 1. The van der Waals surface area contributed by atoms with E-state index in [1.54, 1.807) is 0 Å². The summed E-state index contributed by atoms with van der Waals surface area (Å²) in [6.45, 7) is 8.21. The molecule has 1 aromatic heterocycles. The van der Waals surface area contributed by atoms with E-state index in [1.807, 2.05) is 26.0 Å². The summed E-state index contributed by atoms with van der Waals surface area (Å²) in [6, 6.07) is 3.99. The number of hydrogen-bond donors (Lipinski definition) is 1. The normalized spacial score (nSPS) is 24.2. The summed E-state index contributed by atoms with van der Waals surface area (Å²) < 4.78 is 5.69. The predicted octanol–water partition coefficient (Wildman–Crippen LogP) is 2.77. The van der Waals surface area contributed by atoms with Crippen molar-refractivity contribution in [3.8, 4) is 0 Å². The largest absolute Gasteiger partial charge is 0.481 e. The average molecular weight is 265 g/mol. The highest BCUT2D eigenvalue weighted by molar-refractivity contribution is 5.75. The van der Waals surface area contributed by atoms with Gasteiger partial charge in [0.1, 0.15) is 11.5 Å². The SMILES string of the molecule is CCc1ccc(CN2CCC(C(=O)O)(C(C)C)C2)o1. The Morgan fingerprint density at radius 1 is 1.47 bits per heavy atom. The molecule has 4 heteroatoms. The Balaban J connectivity index is 2.03. The van der Waals surface area contributed by atoms with Gasteiger partial charge in [0.2, 0.25) is 0 Å². The molecule has 4 nitrogen and oxygen atoms in total. The number of furan rings is 1. The summed E-state index contributed by atoms with van der Waals surface area (Å²) in [7, 11) is 0. The molecule has 1 N–H and O–H groups in total. The summed E-state index contributed by atoms with van der Waals surface area (Å²) in [6.07, 6.45) is 1.62. The predicted molar refractivity (Wildman–Crippen MR) is 72.9 cm³/mol. The molecule has 0 aromatic carbocycles. The van der Waals surface area contributed by atoms with E-state index in [0.717, 1.165) is 30.9 Å². The minimum Gasteiger partial charge on any atom is -0.481 e.